The Kier molecular flexibility index (Phi) is 6.68. The lowest BCUT2D eigenvalue weighted by molar-refractivity contribution is -0.130. The maximum Gasteiger partial charge on any atom is 0.253 e. The summed E-state index contributed by atoms with van der Waals surface area (Å²) < 4.78 is 0. The van der Waals surface area contributed by atoms with Gasteiger partial charge >= 0.3 is 0 Å². The Morgan fingerprint density at radius 1 is 1.00 bits per heavy atom. The largest absolute Gasteiger partial charge is 0.339 e. The first-order chi connectivity index (χ1) is 12.9. The summed E-state index contributed by atoms with van der Waals surface area (Å²) in [6.07, 6.45) is 0. The van der Waals surface area contributed by atoms with Crippen LogP contribution in [-0.4, -0.2) is 47.8 Å². The van der Waals surface area contributed by atoms with E-state index in [2.05, 4.69) is 0 Å². The third kappa shape index (κ3) is 5.18. The fraction of sp³-hybridized carbons (Fsp3) is 0.300. The van der Waals surface area contributed by atoms with Gasteiger partial charge in [0.05, 0.1) is 5.02 Å². The van der Waals surface area contributed by atoms with Gasteiger partial charge < -0.3 is 9.80 Å². The van der Waals surface area contributed by atoms with Gasteiger partial charge in [0, 0.05) is 54.3 Å². The van der Waals surface area contributed by atoms with Crippen molar-refractivity contribution in [1.29, 1.82) is 0 Å². The molecule has 1 aliphatic rings. The number of hydrogen-bond acceptors (Lipinski definition) is 3. The summed E-state index contributed by atoms with van der Waals surface area (Å²) in [5.41, 5.74) is 1.71. The summed E-state index contributed by atoms with van der Waals surface area (Å²) in [6.45, 7) is 3.86. The number of carbonyl (C=O) groups excluding carboxylic acids is 2. The van der Waals surface area contributed by atoms with Crippen LogP contribution < -0.4 is 0 Å². The maximum absolute atomic E-state index is 12.8. The SMILES string of the molecule is CC(=O)N1CCN(C(=O)c2cccc(CSc3cc(Cl)ccc3Cl)c2)CC1. The number of piperazine rings is 1. The van der Waals surface area contributed by atoms with Crippen molar-refractivity contribution in [3.8, 4) is 0 Å². The number of rotatable bonds is 4. The van der Waals surface area contributed by atoms with E-state index in [4.69, 9.17) is 23.2 Å². The van der Waals surface area contributed by atoms with E-state index < -0.39 is 0 Å². The van der Waals surface area contributed by atoms with E-state index in [1.807, 2.05) is 30.3 Å². The number of benzene rings is 2. The minimum absolute atomic E-state index is 0.00541. The molecule has 142 valence electrons. The molecule has 1 heterocycles. The summed E-state index contributed by atoms with van der Waals surface area (Å²) in [6, 6.07) is 13.0. The summed E-state index contributed by atoms with van der Waals surface area (Å²) in [5, 5.41) is 1.32. The first-order valence-corrected chi connectivity index (χ1v) is 10.4. The molecule has 27 heavy (non-hydrogen) atoms. The number of amides is 2. The zero-order valence-corrected chi connectivity index (χ0v) is 17.3. The van der Waals surface area contributed by atoms with Crippen LogP contribution in [0.3, 0.4) is 0 Å². The van der Waals surface area contributed by atoms with Gasteiger partial charge in [-0.05, 0) is 35.9 Å². The molecule has 0 aliphatic carbocycles. The zero-order chi connectivity index (χ0) is 19.4. The Bertz CT molecular complexity index is 852. The molecule has 0 radical (unpaired) electrons. The van der Waals surface area contributed by atoms with Crippen molar-refractivity contribution in [3.05, 3.63) is 63.6 Å². The van der Waals surface area contributed by atoms with E-state index in [9.17, 15) is 9.59 Å². The van der Waals surface area contributed by atoms with Crippen molar-refractivity contribution in [2.75, 3.05) is 26.2 Å². The molecule has 1 fully saturated rings. The minimum Gasteiger partial charge on any atom is -0.339 e. The highest BCUT2D eigenvalue weighted by molar-refractivity contribution is 7.98. The minimum atomic E-state index is 0.00541. The molecule has 0 bridgehead atoms. The van der Waals surface area contributed by atoms with Crippen molar-refractivity contribution in [2.45, 2.75) is 17.6 Å². The Morgan fingerprint density at radius 2 is 1.70 bits per heavy atom. The van der Waals surface area contributed by atoms with Gasteiger partial charge in [0.25, 0.3) is 5.91 Å². The second-order valence-corrected chi connectivity index (χ2v) is 8.22. The number of carbonyl (C=O) groups is 2. The van der Waals surface area contributed by atoms with Crippen LogP contribution in [0.5, 0.6) is 0 Å². The first kappa shape index (κ1) is 20.1. The van der Waals surface area contributed by atoms with E-state index in [0.717, 1.165) is 10.5 Å². The molecule has 0 N–H and O–H groups in total. The van der Waals surface area contributed by atoms with Crippen molar-refractivity contribution in [2.24, 2.45) is 0 Å². The molecular formula is C20H20Cl2N2O2S. The average molecular weight is 423 g/mol. The zero-order valence-electron chi connectivity index (χ0n) is 15.0. The van der Waals surface area contributed by atoms with E-state index in [1.54, 1.807) is 40.6 Å². The number of nitrogens with zero attached hydrogens (tertiary/aromatic N) is 2. The molecule has 0 saturated carbocycles. The Labute approximate surface area is 173 Å². The van der Waals surface area contributed by atoms with Gasteiger partial charge in [0.15, 0.2) is 0 Å². The second kappa shape index (κ2) is 9.00. The van der Waals surface area contributed by atoms with Crippen LogP contribution in [0.15, 0.2) is 47.4 Å². The molecule has 0 atom stereocenters. The topological polar surface area (TPSA) is 40.6 Å². The molecule has 7 heteroatoms. The lowest BCUT2D eigenvalue weighted by Crippen LogP contribution is -2.50. The standard InChI is InChI=1S/C20H20Cl2N2O2S/c1-14(25)23-7-9-24(10-8-23)20(26)16-4-2-3-15(11-16)13-27-19-12-17(21)5-6-18(19)22/h2-6,11-12H,7-10,13H2,1H3. The number of halogens is 2. The van der Waals surface area contributed by atoms with Crippen molar-refractivity contribution in [1.82, 2.24) is 9.80 Å². The van der Waals surface area contributed by atoms with Crippen molar-refractivity contribution < 1.29 is 9.59 Å². The van der Waals surface area contributed by atoms with Crippen LogP contribution in [-0.2, 0) is 10.5 Å². The first-order valence-electron chi connectivity index (χ1n) is 8.65. The van der Waals surface area contributed by atoms with Gasteiger partial charge in [-0.3, -0.25) is 9.59 Å². The van der Waals surface area contributed by atoms with E-state index in [0.29, 0.717) is 47.5 Å². The molecule has 0 spiro atoms. The highest BCUT2D eigenvalue weighted by Gasteiger charge is 2.23. The Morgan fingerprint density at radius 3 is 2.41 bits per heavy atom. The quantitative estimate of drug-likeness (QED) is 0.676. The van der Waals surface area contributed by atoms with Crippen LogP contribution in [0.1, 0.15) is 22.8 Å². The predicted octanol–water partition coefficient (Wildman–Crippen LogP) is 4.59. The fourth-order valence-electron chi connectivity index (χ4n) is 2.95. The summed E-state index contributed by atoms with van der Waals surface area (Å²) in [5.74, 6) is 0.755. The van der Waals surface area contributed by atoms with E-state index >= 15 is 0 Å². The summed E-state index contributed by atoms with van der Waals surface area (Å²) in [4.78, 5) is 28.7. The highest BCUT2D eigenvalue weighted by Crippen LogP contribution is 2.32. The van der Waals surface area contributed by atoms with Gasteiger partial charge in [0.1, 0.15) is 0 Å². The third-order valence-corrected chi connectivity index (χ3v) is 6.28. The maximum atomic E-state index is 12.8. The second-order valence-electron chi connectivity index (χ2n) is 6.36. The third-order valence-electron chi connectivity index (χ3n) is 4.47. The molecule has 4 nitrogen and oxygen atoms in total. The van der Waals surface area contributed by atoms with Crippen LogP contribution >= 0.6 is 35.0 Å². The van der Waals surface area contributed by atoms with Gasteiger partial charge in [0.2, 0.25) is 5.91 Å². The molecule has 1 saturated heterocycles. The van der Waals surface area contributed by atoms with Gasteiger partial charge in [-0.15, -0.1) is 11.8 Å². The smallest absolute Gasteiger partial charge is 0.253 e. The van der Waals surface area contributed by atoms with E-state index in [-0.39, 0.29) is 11.8 Å². The average Bonchev–Trinajstić information content (AvgIpc) is 2.68. The lowest BCUT2D eigenvalue weighted by Gasteiger charge is -2.34. The predicted molar refractivity (Wildman–Crippen MR) is 111 cm³/mol. The van der Waals surface area contributed by atoms with Crippen LogP contribution in [0.2, 0.25) is 10.0 Å². The fourth-order valence-corrected chi connectivity index (χ4v) is 4.39. The molecule has 3 rings (SSSR count). The van der Waals surface area contributed by atoms with Crippen molar-refractivity contribution in [3.63, 3.8) is 0 Å². The molecule has 2 amide bonds. The molecule has 2 aromatic rings. The Hall–Kier alpha value is -1.69. The van der Waals surface area contributed by atoms with Gasteiger partial charge in [-0.25, -0.2) is 0 Å². The number of thioether (sulfide) groups is 1. The lowest BCUT2D eigenvalue weighted by atomic mass is 10.1. The van der Waals surface area contributed by atoms with Crippen LogP contribution in [0, 0.1) is 0 Å². The van der Waals surface area contributed by atoms with Gasteiger partial charge in [-0.1, -0.05) is 35.3 Å². The van der Waals surface area contributed by atoms with Crippen LogP contribution in [0.4, 0.5) is 0 Å². The number of hydrogen-bond donors (Lipinski definition) is 0. The molecule has 1 aliphatic heterocycles. The van der Waals surface area contributed by atoms with Crippen LogP contribution in [0.25, 0.3) is 0 Å². The Balaban J connectivity index is 1.64. The summed E-state index contributed by atoms with van der Waals surface area (Å²) >= 11 is 13.8. The highest BCUT2D eigenvalue weighted by atomic mass is 35.5. The van der Waals surface area contributed by atoms with Crippen molar-refractivity contribution >= 4 is 46.8 Å². The molecular weight excluding hydrogens is 403 g/mol. The monoisotopic (exact) mass is 422 g/mol. The molecule has 0 aromatic heterocycles. The molecule has 2 aromatic carbocycles. The van der Waals surface area contributed by atoms with Gasteiger partial charge in [-0.2, -0.15) is 0 Å². The normalized spacial score (nSPS) is 14.3. The summed E-state index contributed by atoms with van der Waals surface area (Å²) in [7, 11) is 0. The van der Waals surface area contributed by atoms with E-state index in [1.165, 1.54) is 0 Å². The molecule has 0 unspecified atom stereocenters.